The van der Waals surface area contributed by atoms with Crippen molar-refractivity contribution in [2.45, 2.75) is 25.4 Å². The highest BCUT2D eigenvalue weighted by Crippen LogP contribution is 2.33. The number of hydrogen-bond acceptors (Lipinski definition) is 5. The van der Waals surface area contributed by atoms with Crippen LogP contribution in [0.1, 0.15) is 34.5 Å². The average Bonchev–Trinajstić information content (AvgIpc) is 2.99. The van der Waals surface area contributed by atoms with Gasteiger partial charge in [0.25, 0.3) is 11.5 Å². The number of fused-ring (bicyclic) bond motifs is 1. The topological polar surface area (TPSA) is 99.4 Å². The van der Waals surface area contributed by atoms with Crippen LogP contribution >= 0.6 is 15.9 Å². The highest BCUT2D eigenvalue weighted by molar-refractivity contribution is 9.10. The molecule has 3 aromatic rings. The van der Waals surface area contributed by atoms with Gasteiger partial charge in [-0.3, -0.25) is 9.59 Å². The summed E-state index contributed by atoms with van der Waals surface area (Å²) in [4.78, 5) is 33.4. The van der Waals surface area contributed by atoms with Crippen molar-refractivity contribution in [1.82, 2.24) is 14.9 Å². The number of aryl methyl sites for hydroxylation is 1. The van der Waals surface area contributed by atoms with Gasteiger partial charge in [-0.2, -0.15) is 0 Å². The van der Waals surface area contributed by atoms with Crippen molar-refractivity contribution in [1.29, 1.82) is 0 Å². The number of piperidine rings is 1. The van der Waals surface area contributed by atoms with E-state index in [1.165, 1.54) is 6.33 Å². The second-order valence-electron chi connectivity index (χ2n) is 6.81. The Labute approximate surface area is 163 Å². The molecule has 0 radical (unpaired) electrons. The summed E-state index contributed by atoms with van der Waals surface area (Å²) in [6.07, 6.45) is 2.46. The van der Waals surface area contributed by atoms with Crippen LogP contribution in [0.2, 0.25) is 0 Å². The van der Waals surface area contributed by atoms with Crippen molar-refractivity contribution >= 4 is 32.9 Å². The van der Waals surface area contributed by atoms with Gasteiger partial charge in [-0.15, -0.1) is 0 Å². The first-order valence-corrected chi connectivity index (χ1v) is 9.43. The Morgan fingerprint density at radius 2 is 2.11 bits per heavy atom. The van der Waals surface area contributed by atoms with Gasteiger partial charge >= 0.3 is 0 Å². The number of likely N-dealkylation sites (tertiary alicyclic amines) is 1. The van der Waals surface area contributed by atoms with Crippen LogP contribution in [-0.2, 0) is 5.60 Å². The van der Waals surface area contributed by atoms with Crippen LogP contribution in [-0.4, -0.2) is 39.0 Å². The first-order chi connectivity index (χ1) is 12.9. The maximum absolute atomic E-state index is 13.2. The van der Waals surface area contributed by atoms with Crippen LogP contribution < -0.4 is 5.56 Å². The summed E-state index contributed by atoms with van der Waals surface area (Å²) < 4.78 is 6.42. The molecule has 4 rings (SSSR count). The van der Waals surface area contributed by atoms with Crippen LogP contribution in [0.15, 0.2) is 44.3 Å². The third-order valence-electron chi connectivity index (χ3n) is 5.02. The van der Waals surface area contributed by atoms with Gasteiger partial charge < -0.3 is 19.4 Å². The molecule has 1 aliphatic heterocycles. The van der Waals surface area contributed by atoms with Gasteiger partial charge in [0.1, 0.15) is 16.7 Å². The maximum Gasteiger partial charge on any atom is 0.262 e. The minimum absolute atomic E-state index is 0.139. The number of amides is 1. The number of β-amino-alcohol motifs (C(OH)–C–C–N with tert-alkyl or cyclic N) is 1. The quantitative estimate of drug-likeness (QED) is 0.649. The zero-order chi connectivity index (χ0) is 19.2. The number of hydrogen-bond donors (Lipinski definition) is 2. The van der Waals surface area contributed by atoms with Crippen LogP contribution in [0.3, 0.4) is 0 Å². The molecule has 2 N–H and O–H groups in total. The lowest BCUT2D eigenvalue weighted by molar-refractivity contribution is -0.0289. The van der Waals surface area contributed by atoms with Gasteiger partial charge in [0, 0.05) is 11.0 Å². The SMILES string of the molecule is Cc1oc2nc[nH]c(=O)c2c1C(=O)N1CCCC(O)(c2ccc(Br)cc2)C1. The molecular weight excluding hydrogens is 414 g/mol. The van der Waals surface area contributed by atoms with E-state index in [-0.39, 0.29) is 29.1 Å². The number of aromatic amines is 1. The van der Waals surface area contributed by atoms with Gasteiger partial charge in [-0.25, -0.2) is 4.98 Å². The van der Waals surface area contributed by atoms with Crippen molar-refractivity contribution in [3.63, 3.8) is 0 Å². The molecule has 0 aliphatic carbocycles. The summed E-state index contributed by atoms with van der Waals surface area (Å²) in [5.41, 5.74) is -0.441. The Kier molecular flexibility index (Phi) is 4.39. The van der Waals surface area contributed by atoms with Gasteiger partial charge in [0.2, 0.25) is 5.71 Å². The normalized spacial score (nSPS) is 20.2. The number of rotatable bonds is 2. The van der Waals surface area contributed by atoms with E-state index in [4.69, 9.17) is 4.42 Å². The summed E-state index contributed by atoms with van der Waals surface area (Å²) in [5.74, 6) is 0.0111. The lowest BCUT2D eigenvalue weighted by Gasteiger charge is -2.39. The number of nitrogens with one attached hydrogen (secondary N) is 1. The Hall–Kier alpha value is -2.45. The molecule has 1 aliphatic rings. The van der Waals surface area contributed by atoms with Crippen LogP contribution in [0.25, 0.3) is 11.1 Å². The molecule has 27 heavy (non-hydrogen) atoms. The van der Waals surface area contributed by atoms with Gasteiger partial charge in [-0.05, 0) is 37.5 Å². The molecule has 7 nitrogen and oxygen atoms in total. The summed E-state index contributed by atoms with van der Waals surface area (Å²) in [5, 5.41) is 11.3. The number of nitrogens with zero attached hydrogens (tertiary/aromatic N) is 2. The molecule has 1 saturated heterocycles. The second kappa shape index (κ2) is 6.61. The summed E-state index contributed by atoms with van der Waals surface area (Å²) >= 11 is 3.39. The van der Waals surface area contributed by atoms with Crippen molar-refractivity contribution < 1.29 is 14.3 Å². The predicted molar refractivity (Wildman–Crippen MR) is 103 cm³/mol. The maximum atomic E-state index is 13.2. The number of carbonyl (C=O) groups is 1. The van der Waals surface area contributed by atoms with Crippen molar-refractivity contribution in [3.05, 3.63) is 62.3 Å². The summed E-state index contributed by atoms with van der Waals surface area (Å²) in [6, 6.07) is 7.44. The largest absolute Gasteiger partial charge is 0.442 e. The Morgan fingerprint density at radius 3 is 2.85 bits per heavy atom. The highest BCUT2D eigenvalue weighted by atomic mass is 79.9. The number of H-pyrrole nitrogens is 1. The molecule has 140 valence electrons. The van der Waals surface area contributed by atoms with Gasteiger partial charge in [0.05, 0.1) is 18.4 Å². The van der Waals surface area contributed by atoms with E-state index in [0.29, 0.717) is 25.1 Å². The molecule has 0 bridgehead atoms. The van der Waals surface area contributed by atoms with E-state index in [0.717, 1.165) is 10.0 Å². The van der Waals surface area contributed by atoms with E-state index < -0.39 is 11.2 Å². The van der Waals surface area contributed by atoms with E-state index in [1.807, 2.05) is 24.3 Å². The molecule has 1 atom stereocenters. The first kappa shape index (κ1) is 17.9. The fourth-order valence-corrected chi connectivity index (χ4v) is 3.94. The lowest BCUT2D eigenvalue weighted by Crippen LogP contribution is -2.48. The first-order valence-electron chi connectivity index (χ1n) is 8.63. The molecule has 8 heteroatoms. The Morgan fingerprint density at radius 1 is 1.37 bits per heavy atom. The van der Waals surface area contributed by atoms with E-state index >= 15 is 0 Å². The van der Waals surface area contributed by atoms with Crippen LogP contribution in [0.4, 0.5) is 0 Å². The van der Waals surface area contributed by atoms with E-state index in [1.54, 1.807) is 11.8 Å². The minimum Gasteiger partial charge on any atom is -0.442 e. The number of furan rings is 1. The second-order valence-corrected chi connectivity index (χ2v) is 7.73. The smallest absolute Gasteiger partial charge is 0.262 e. The highest BCUT2D eigenvalue weighted by Gasteiger charge is 2.38. The fourth-order valence-electron chi connectivity index (χ4n) is 3.67. The Bertz CT molecular complexity index is 1070. The third kappa shape index (κ3) is 3.08. The number of benzene rings is 1. The predicted octanol–water partition coefficient (Wildman–Crippen LogP) is 2.71. The summed E-state index contributed by atoms with van der Waals surface area (Å²) in [7, 11) is 0. The molecule has 3 heterocycles. The monoisotopic (exact) mass is 431 g/mol. The van der Waals surface area contributed by atoms with Crippen LogP contribution in [0, 0.1) is 6.92 Å². The minimum atomic E-state index is -1.13. The van der Waals surface area contributed by atoms with Crippen molar-refractivity contribution in [2.24, 2.45) is 0 Å². The van der Waals surface area contributed by atoms with E-state index in [9.17, 15) is 14.7 Å². The lowest BCUT2D eigenvalue weighted by atomic mass is 9.85. The fraction of sp³-hybridized carbons (Fsp3) is 0.316. The number of aliphatic hydroxyl groups is 1. The van der Waals surface area contributed by atoms with Gasteiger partial charge in [0.15, 0.2) is 0 Å². The zero-order valence-corrected chi connectivity index (χ0v) is 16.2. The van der Waals surface area contributed by atoms with Crippen LogP contribution in [0.5, 0.6) is 0 Å². The number of halogens is 1. The van der Waals surface area contributed by atoms with Crippen molar-refractivity contribution in [3.8, 4) is 0 Å². The molecule has 1 aromatic carbocycles. The molecule has 1 amide bonds. The molecule has 0 saturated carbocycles. The standard InChI is InChI=1S/C19H18BrN3O4/c1-11-14(15-16(24)21-10-22-17(15)27-11)18(25)23-8-2-7-19(26,9-23)12-3-5-13(20)6-4-12/h3-6,10,26H,2,7-9H2,1H3,(H,21,22,24). The molecule has 1 unspecified atom stereocenters. The number of aromatic nitrogens is 2. The van der Waals surface area contributed by atoms with Crippen molar-refractivity contribution in [2.75, 3.05) is 13.1 Å². The van der Waals surface area contributed by atoms with Gasteiger partial charge in [-0.1, -0.05) is 28.1 Å². The zero-order valence-electron chi connectivity index (χ0n) is 14.7. The Balaban J connectivity index is 1.70. The van der Waals surface area contributed by atoms with E-state index in [2.05, 4.69) is 25.9 Å². The molecule has 2 aromatic heterocycles. The average molecular weight is 432 g/mol. The summed E-state index contributed by atoms with van der Waals surface area (Å²) in [6.45, 7) is 2.29. The molecule has 0 spiro atoms. The molecular formula is C19H18BrN3O4. The molecule has 1 fully saturated rings. The third-order valence-corrected chi connectivity index (χ3v) is 5.55. The number of carbonyl (C=O) groups excluding carboxylic acids is 1.